The van der Waals surface area contributed by atoms with Gasteiger partial charge in [-0.05, 0) is 12.1 Å². The van der Waals surface area contributed by atoms with E-state index in [1.165, 1.54) is 7.11 Å². The summed E-state index contributed by atoms with van der Waals surface area (Å²) in [6, 6.07) is 4.71. The predicted molar refractivity (Wildman–Crippen MR) is 61.5 cm³/mol. The van der Waals surface area contributed by atoms with Gasteiger partial charge >= 0.3 is 0 Å². The average Bonchev–Trinajstić information content (AvgIpc) is 2.27. The van der Waals surface area contributed by atoms with Crippen LogP contribution in [0.15, 0.2) is 23.1 Å². The maximum absolute atomic E-state index is 12.0. The molecule has 16 heavy (non-hydrogen) atoms. The van der Waals surface area contributed by atoms with Crippen LogP contribution >= 0.6 is 0 Å². The third-order valence-electron chi connectivity index (χ3n) is 2.60. The number of nitrogens with two attached hydrogens (primary N) is 1. The molecule has 0 saturated carbocycles. The summed E-state index contributed by atoms with van der Waals surface area (Å²) in [6.07, 6.45) is 0. The summed E-state index contributed by atoms with van der Waals surface area (Å²) >= 11 is 0. The van der Waals surface area contributed by atoms with Crippen LogP contribution in [0, 0.1) is 0 Å². The number of benzene rings is 1. The van der Waals surface area contributed by atoms with Gasteiger partial charge in [0, 0.05) is 6.54 Å². The van der Waals surface area contributed by atoms with Crippen LogP contribution in [0.2, 0.25) is 0 Å². The first-order valence-electron chi connectivity index (χ1n) is 4.95. The zero-order chi connectivity index (χ0) is 11.8. The molecule has 88 valence electrons. The molecule has 0 amide bonds. The number of anilines is 1. The van der Waals surface area contributed by atoms with Crippen molar-refractivity contribution in [3.8, 4) is 5.75 Å². The molecular weight excluding hydrogens is 228 g/mol. The lowest BCUT2D eigenvalue weighted by Crippen LogP contribution is -2.39. The fourth-order valence-corrected chi connectivity index (χ4v) is 3.50. The highest BCUT2D eigenvalue weighted by atomic mass is 32.2. The average molecular weight is 242 g/mol. The lowest BCUT2D eigenvalue weighted by Gasteiger charge is -2.27. The minimum atomic E-state index is -3.26. The zero-order valence-corrected chi connectivity index (χ0v) is 9.75. The maximum atomic E-state index is 12.0. The number of hydrogen-bond donors (Lipinski definition) is 2. The van der Waals surface area contributed by atoms with E-state index in [1.54, 1.807) is 18.2 Å². The first-order chi connectivity index (χ1) is 7.58. The molecule has 0 aromatic heterocycles. The molecule has 0 bridgehead atoms. The minimum absolute atomic E-state index is 0.0314. The number of nitrogens with one attached hydrogen (secondary N) is 1. The molecule has 1 aromatic carbocycles. The predicted octanol–water partition coefficient (Wildman–Crippen LogP) is 0.222. The molecule has 0 fully saturated rings. The fraction of sp³-hybridized carbons (Fsp3) is 0.400. The van der Waals surface area contributed by atoms with Gasteiger partial charge in [0.05, 0.1) is 29.5 Å². The van der Waals surface area contributed by atoms with Crippen LogP contribution in [-0.2, 0) is 9.84 Å². The standard InChI is InChI=1S/C10H14N2O3S/c1-15-8-3-2-4-9-10(8)12-7(5-11)6-16(9,13)14/h2-4,7,12H,5-6,11H2,1H3. The summed E-state index contributed by atoms with van der Waals surface area (Å²) in [5.41, 5.74) is 6.03. The van der Waals surface area contributed by atoms with E-state index in [4.69, 9.17) is 10.5 Å². The van der Waals surface area contributed by atoms with Crippen LogP contribution < -0.4 is 15.8 Å². The normalized spacial score (nSPS) is 22.0. The van der Waals surface area contributed by atoms with E-state index >= 15 is 0 Å². The highest BCUT2D eigenvalue weighted by molar-refractivity contribution is 7.91. The Bertz CT molecular complexity index is 499. The van der Waals surface area contributed by atoms with Gasteiger partial charge in [0.15, 0.2) is 9.84 Å². The summed E-state index contributed by atoms with van der Waals surface area (Å²) in [7, 11) is -1.75. The van der Waals surface area contributed by atoms with Crippen LogP contribution in [-0.4, -0.2) is 33.9 Å². The molecule has 3 N–H and O–H groups in total. The Balaban J connectivity index is 2.59. The Hall–Kier alpha value is -1.27. The van der Waals surface area contributed by atoms with Crippen LogP contribution in [0.1, 0.15) is 0 Å². The number of ether oxygens (including phenoxy) is 1. The molecule has 1 aliphatic rings. The third-order valence-corrected chi connectivity index (χ3v) is 4.45. The van der Waals surface area contributed by atoms with Crippen molar-refractivity contribution in [3.05, 3.63) is 18.2 Å². The summed E-state index contributed by atoms with van der Waals surface area (Å²) in [4.78, 5) is 0.288. The smallest absolute Gasteiger partial charge is 0.182 e. The van der Waals surface area contributed by atoms with Crippen molar-refractivity contribution in [2.24, 2.45) is 5.73 Å². The van der Waals surface area contributed by atoms with Gasteiger partial charge in [0.25, 0.3) is 0 Å². The number of rotatable bonds is 2. The molecular formula is C10H14N2O3S. The van der Waals surface area contributed by atoms with E-state index in [-0.39, 0.29) is 23.2 Å². The van der Waals surface area contributed by atoms with E-state index in [2.05, 4.69) is 5.32 Å². The Morgan fingerprint density at radius 1 is 1.56 bits per heavy atom. The molecule has 2 rings (SSSR count). The summed E-state index contributed by atoms with van der Waals surface area (Å²) < 4.78 is 29.0. The van der Waals surface area contributed by atoms with Gasteiger partial charge in [-0.15, -0.1) is 0 Å². The topological polar surface area (TPSA) is 81.4 Å². The van der Waals surface area contributed by atoms with E-state index in [9.17, 15) is 8.42 Å². The monoisotopic (exact) mass is 242 g/mol. The lowest BCUT2D eigenvalue weighted by atomic mass is 10.2. The van der Waals surface area contributed by atoms with E-state index < -0.39 is 9.84 Å². The molecule has 1 atom stereocenters. The molecule has 1 aromatic rings. The molecule has 1 aliphatic heterocycles. The van der Waals surface area contributed by atoms with Crippen molar-refractivity contribution < 1.29 is 13.2 Å². The lowest BCUT2D eigenvalue weighted by molar-refractivity contribution is 0.414. The van der Waals surface area contributed by atoms with Crippen LogP contribution in [0.5, 0.6) is 5.75 Å². The van der Waals surface area contributed by atoms with Gasteiger partial charge in [-0.2, -0.15) is 0 Å². The van der Waals surface area contributed by atoms with E-state index in [1.807, 2.05) is 0 Å². The largest absolute Gasteiger partial charge is 0.495 e. The Kier molecular flexibility index (Phi) is 2.77. The molecule has 0 aliphatic carbocycles. The van der Waals surface area contributed by atoms with Crippen molar-refractivity contribution in [1.82, 2.24) is 0 Å². The van der Waals surface area contributed by atoms with Gasteiger partial charge in [0.2, 0.25) is 0 Å². The van der Waals surface area contributed by atoms with Crippen molar-refractivity contribution >= 4 is 15.5 Å². The molecule has 0 spiro atoms. The Morgan fingerprint density at radius 2 is 2.31 bits per heavy atom. The quantitative estimate of drug-likeness (QED) is 0.775. The number of sulfone groups is 1. The Labute approximate surface area is 94.5 Å². The summed E-state index contributed by atoms with van der Waals surface area (Å²) in [6.45, 7) is 0.275. The second-order valence-corrected chi connectivity index (χ2v) is 5.69. The molecule has 1 heterocycles. The van der Waals surface area contributed by atoms with E-state index in [0.29, 0.717) is 11.4 Å². The summed E-state index contributed by atoms with van der Waals surface area (Å²) in [5.74, 6) is 0.558. The van der Waals surface area contributed by atoms with Crippen molar-refractivity contribution in [1.29, 1.82) is 0 Å². The SMILES string of the molecule is COc1cccc2c1NC(CN)CS2(=O)=O. The maximum Gasteiger partial charge on any atom is 0.182 e. The van der Waals surface area contributed by atoms with Crippen molar-refractivity contribution in [3.63, 3.8) is 0 Å². The van der Waals surface area contributed by atoms with Gasteiger partial charge in [-0.1, -0.05) is 6.07 Å². The van der Waals surface area contributed by atoms with Crippen molar-refractivity contribution in [2.45, 2.75) is 10.9 Å². The second kappa shape index (κ2) is 3.95. The highest BCUT2D eigenvalue weighted by Gasteiger charge is 2.30. The number of hydrogen-bond acceptors (Lipinski definition) is 5. The Morgan fingerprint density at radius 3 is 2.94 bits per heavy atom. The van der Waals surface area contributed by atoms with Gasteiger partial charge in [0.1, 0.15) is 5.75 Å². The first-order valence-corrected chi connectivity index (χ1v) is 6.60. The third kappa shape index (κ3) is 1.74. The van der Waals surface area contributed by atoms with Crippen LogP contribution in [0.25, 0.3) is 0 Å². The molecule has 1 unspecified atom stereocenters. The first kappa shape index (κ1) is 11.2. The van der Waals surface area contributed by atoms with Crippen LogP contribution in [0.4, 0.5) is 5.69 Å². The number of para-hydroxylation sites is 1. The molecule has 0 saturated heterocycles. The van der Waals surface area contributed by atoms with Gasteiger partial charge in [-0.3, -0.25) is 0 Å². The second-order valence-electron chi connectivity index (χ2n) is 3.69. The van der Waals surface area contributed by atoms with Crippen LogP contribution in [0.3, 0.4) is 0 Å². The van der Waals surface area contributed by atoms with E-state index in [0.717, 1.165) is 0 Å². The number of fused-ring (bicyclic) bond motifs is 1. The fourth-order valence-electron chi connectivity index (χ4n) is 1.81. The van der Waals surface area contributed by atoms with Gasteiger partial charge < -0.3 is 15.8 Å². The number of methoxy groups -OCH3 is 1. The van der Waals surface area contributed by atoms with Gasteiger partial charge in [-0.25, -0.2) is 8.42 Å². The molecule has 6 heteroatoms. The highest BCUT2D eigenvalue weighted by Crippen LogP contribution is 2.35. The zero-order valence-electron chi connectivity index (χ0n) is 8.93. The minimum Gasteiger partial charge on any atom is -0.495 e. The summed E-state index contributed by atoms with van der Waals surface area (Å²) in [5, 5.41) is 3.09. The molecule has 5 nitrogen and oxygen atoms in total. The molecule has 0 radical (unpaired) electrons. The van der Waals surface area contributed by atoms with Crippen molar-refractivity contribution in [2.75, 3.05) is 24.7 Å².